The van der Waals surface area contributed by atoms with Crippen molar-refractivity contribution in [3.63, 3.8) is 0 Å². The summed E-state index contributed by atoms with van der Waals surface area (Å²) in [5.41, 5.74) is 1.50. The van der Waals surface area contributed by atoms with Crippen LogP contribution in [-0.2, 0) is 5.41 Å². The molecule has 114 valence electrons. The van der Waals surface area contributed by atoms with Gasteiger partial charge < -0.3 is 14.4 Å². The smallest absolute Gasteiger partial charge is 0.161 e. The van der Waals surface area contributed by atoms with Crippen molar-refractivity contribution in [2.45, 2.75) is 37.6 Å². The predicted molar refractivity (Wildman–Crippen MR) is 85.3 cm³/mol. The molecule has 1 fully saturated rings. The van der Waals surface area contributed by atoms with Gasteiger partial charge in [0.15, 0.2) is 11.5 Å². The normalized spacial score (nSPS) is 28.4. The van der Waals surface area contributed by atoms with Crippen molar-refractivity contribution in [1.82, 2.24) is 4.90 Å². The first-order valence-electron chi connectivity index (χ1n) is 7.90. The molecule has 2 atom stereocenters. The summed E-state index contributed by atoms with van der Waals surface area (Å²) in [7, 11) is 3.95. The Balaban J connectivity index is 2.04. The molecule has 1 aromatic carbocycles. The highest BCUT2D eigenvalue weighted by Crippen LogP contribution is 2.46. The van der Waals surface area contributed by atoms with Crippen LogP contribution in [0.15, 0.2) is 30.4 Å². The molecule has 3 nitrogen and oxygen atoms in total. The Kier molecular flexibility index (Phi) is 3.94. The second-order valence-electron chi connectivity index (χ2n) is 6.07. The molecule has 3 rings (SSSR count). The first-order valence-corrected chi connectivity index (χ1v) is 7.90. The highest BCUT2D eigenvalue weighted by Gasteiger charge is 2.46. The van der Waals surface area contributed by atoms with E-state index in [4.69, 9.17) is 9.47 Å². The van der Waals surface area contributed by atoms with Gasteiger partial charge in [0.1, 0.15) is 0 Å². The molecule has 0 amide bonds. The fourth-order valence-electron chi connectivity index (χ4n) is 3.96. The molecule has 1 aliphatic carbocycles. The number of hydrogen-bond acceptors (Lipinski definition) is 3. The molecule has 1 heterocycles. The summed E-state index contributed by atoms with van der Waals surface area (Å²) >= 11 is 0. The van der Waals surface area contributed by atoms with E-state index in [-0.39, 0.29) is 5.41 Å². The maximum absolute atomic E-state index is 5.77. The molecule has 0 saturated carbocycles. The van der Waals surface area contributed by atoms with E-state index in [1.807, 2.05) is 13.0 Å². The van der Waals surface area contributed by atoms with Crippen LogP contribution in [0.4, 0.5) is 0 Å². The van der Waals surface area contributed by atoms with Gasteiger partial charge in [-0.25, -0.2) is 0 Å². The fourth-order valence-corrected chi connectivity index (χ4v) is 3.96. The number of fused-ring (bicyclic) bond motifs is 1. The van der Waals surface area contributed by atoms with Gasteiger partial charge in [0, 0.05) is 11.5 Å². The lowest BCUT2D eigenvalue weighted by Crippen LogP contribution is -2.41. The number of benzene rings is 1. The van der Waals surface area contributed by atoms with Crippen LogP contribution >= 0.6 is 0 Å². The summed E-state index contributed by atoms with van der Waals surface area (Å²) in [5, 5.41) is 0. The monoisotopic (exact) mass is 287 g/mol. The summed E-state index contributed by atoms with van der Waals surface area (Å²) in [6.45, 7) is 3.83. The summed E-state index contributed by atoms with van der Waals surface area (Å²) in [5.74, 6) is 1.68. The topological polar surface area (TPSA) is 21.7 Å². The average Bonchev–Trinajstić information content (AvgIpc) is 2.86. The summed E-state index contributed by atoms with van der Waals surface area (Å²) in [6, 6.07) is 7.05. The second-order valence-corrected chi connectivity index (χ2v) is 6.07. The highest BCUT2D eigenvalue weighted by molar-refractivity contribution is 5.48. The predicted octanol–water partition coefficient (Wildman–Crippen LogP) is 3.39. The molecule has 0 aromatic heterocycles. The van der Waals surface area contributed by atoms with Gasteiger partial charge in [0.05, 0.1) is 13.7 Å². The fraction of sp³-hybridized carbons (Fsp3) is 0.556. The maximum atomic E-state index is 5.77. The molecule has 2 aliphatic rings. The lowest BCUT2D eigenvalue weighted by Gasteiger charge is -2.38. The van der Waals surface area contributed by atoms with E-state index in [2.05, 4.69) is 36.2 Å². The quantitative estimate of drug-likeness (QED) is 0.792. The molecule has 1 aromatic rings. The van der Waals surface area contributed by atoms with Crippen LogP contribution in [0, 0.1) is 0 Å². The molecule has 0 unspecified atom stereocenters. The minimum absolute atomic E-state index is 0.144. The SMILES string of the molecule is CCOc1cc([C@@]23C=CCC[C@@H]2N(C)CC3)ccc1OC. The Morgan fingerprint density at radius 3 is 2.95 bits per heavy atom. The molecule has 0 radical (unpaired) electrons. The standard InChI is InChI=1S/C18H25NO2/c1-4-21-16-13-14(8-9-15(16)20-3)18-10-6-5-7-17(18)19(2)12-11-18/h6,8-10,13,17H,4-5,7,11-12H2,1-3H3/t17-,18-/m0/s1. The summed E-state index contributed by atoms with van der Waals surface area (Å²) in [6.07, 6.45) is 8.39. The van der Waals surface area contributed by atoms with E-state index >= 15 is 0 Å². The third-order valence-corrected chi connectivity index (χ3v) is 5.03. The van der Waals surface area contributed by atoms with Crippen LogP contribution in [0.25, 0.3) is 0 Å². The zero-order valence-electron chi connectivity index (χ0n) is 13.3. The summed E-state index contributed by atoms with van der Waals surface area (Å²) in [4.78, 5) is 2.51. The van der Waals surface area contributed by atoms with Crippen molar-refractivity contribution in [2.24, 2.45) is 0 Å². The van der Waals surface area contributed by atoms with Gasteiger partial charge in [-0.3, -0.25) is 0 Å². The molecule has 3 heteroatoms. The average molecular weight is 287 g/mol. The van der Waals surface area contributed by atoms with Gasteiger partial charge in [-0.15, -0.1) is 0 Å². The van der Waals surface area contributed by atoms with Crippen LogP contribution in [0.1, 0.15) is 31.7 Å². The van der Waals surface area contributed by atoms with Crippen molar-refractivity contribution in [1.29, 1.82) is 0 Å². The number of allylic oxidation sites excluding steroid dienone is 1. The number of likely N-dealkylation sites (tertiary alicyclic amines) is 1. The molecular formula is C18H25NO2. The lowest BCUT2D eigenvalue weighted by molar-refractivity contribution is 0.248. The molecule has 21 heavy (non-hydrogen) atoms. The van der Waals surface area contributed by atoms with Gasteiger partial charge in [-0.2, -0.15) is 0 Å². The van der Waals surface area contributed by atoms with Crippen LogP contribution in [-0.4, -0.2) is 38.3 Å². The molecule has 0 N–H and O–H groups in total. The van der Waals surface area contributed by atoms with E-state index in [1.165, 1.54) is 24.8 Å². The Bertz CT molecular complexity index is 540. The van der Waals surface area contributed by atoms with E-state index in [0.29, 0.717) is 12.6 Å². The Morgan fingerprint density at radius 2 is 2.19 bits per heavy atom. The zero-order valence-corrected chi connectivity index (χ0v) is 13.3. The number of rotatable bonds is 4. The van der Waals surface area contributed by atoms with Crippen molar-refractivity contribution in [3.05, 3.63) is 35.9 Å². The Labute approximate surface area is 127 Å². The van der Waals surface area contributed by atoms with Gasteiger partial charge in [0.25, 0.3) is 0 Å². The minimum atomic E-state index is 0.144. The third-order valence-electron chi connectivity index (χ3n) is 5.03. The lowest BCUT2D eigenvalue weighted by atomic mass is 9.70. The van der Waals surface area contributed by atoms with Gasteiger partial charge in [0.2, 0.25) is 0 Å². The number of ether oxygens (including phenoxy) is 2. The van der Waals surface area contributed by atoms with Crippen LogP contribution in [0.2, 0.25) is 0 Å². The third kappa shape index (κ3) is 2.34. The molecule has 0 spiro atoms. The molecular weight excluding hydrogens is 262 g/mol. The minimum Gasteiger partial charge on any atom is -0.493 e. The molecule has 1 saturated heterocycles. The number of likely N-dealkylation sites (N-methyl/N-ethyl adjacent to an activating group) is 1. The van der Waals surface area contributed by atoms with E-state index in [0.717, 1.165) is 18.0 Å². The second kappa shape index (κ2) is 5.72. The molecule has 0 bridgehead atoms. The maximum Gasteiger partial charge on any atom is 0.161 e. The van der Waals surface area contributed by atoms with Crippen LogP contribution < -0.4 is 9.47 Å². The van der Waals surface area contributed by atoms with Crippen molar-refractivity contribution >= 4 is 0 Å². The number of methoxy groups -OCH3 is 1. The first kappa shape index (κ1) is 14.5. The Morgan fingerprint density at radius 1 is 1.33 bits per heavy atom. The molecule has 1 aliphatic heterocycles. The van der Waals surface area contributed by atoms with E-state index in [1.54, 1.807) is 7.11 Å². The van der Waals surface area contributed by atoms with E-state index < -0.39 is 0 Å². The number of nitrogens with zero attached hydrogens (tertiary/aromatic N) is 1. The zero-order chi connectivity index (χ0) is 14.9. The van der Waals surface area contributed by atoms with Crippen molar-refractivity contribution < 1.29 is 9.47 Å². The van der Waals surface area contributed by atoms with Crippen LogP contribution in [0.5, 0.6) is 11.5 Å². The van der Waals surface area contributed by atoms with Crippen LogP contribution in [0.3, 0.4) is 0 Å². The largest absolute Gasteiger partial charge is 0.493 e. The van der Waals surface area contributed by atoms with Crippen molar-refractivity contribution in [3.8, 4) is 11.5 Å². The Hall–Kier alpha value is -1.48. The first-order chi connectivity index (χ1) is 10.2. The highest BCUT2D eigenvalue weighted by atomic mass is 16.5. The van der Waals surface area contributed by atoms with Gasteiger partial charge in [-0.1, -0.05) is 18.2 Å². The van der Waals surface area contributed by atoms with Gasteiger partial charge >= 0.3 is 0 Å². The van der Waals surface area contributed by atoms with Gasteiger partial charge in [-0.05, 0) is 57.5 Å². The summed E-state index contributed by atoms with van der Waals surface area (Å²) < 4.78 is 11.2. The van der Waals surface area contributed by atoms with E-state index in [9.17, 15) is 0 Å². The number of hydrogen-bond donors (Lipinski definition) is 0. The van der Waals surface area contributed by atoms with Crippen molar-refractivity contribution in [2.75, 3.05) is 27.3 Å².